The average Bonchev–Trinajstić information content (AvgIpc) is 2.95. The number of para-hydroxylation sites is 1. The number of ether oxygens (including phenoxy) is 1. The van der Waals surface area contributed by atoms with Gasteiger partial charge in [0.05, 0.1) is 23.0 Å². The Kier molecular flexibility index (Phi) is 7.56. The van der Waals surface area contributed by atoms with E-state index in [0.717, 1.165) is 23.1 Å². The normalized spacial score (nSPS) is 14.9. The second-order valence-electron chi connectivity index (χ2n) is 10.9. The van der Waals surface area contributed by atoms with Gasteiger partial charge in [-0.3, -0.25) is 8.78 Å². The molecule has 0 amide bonds. The molecule has 0 radical (unpaired) electrons. The van der Waals surface area contributed by atoms with Crippen LogP contribution in [-0.2, 0) is 31.9 Å². The Balaban J connectivity index is 0.00000337. The molecule has 8 bridgehead atoms. The zero-order chi connectivity index (χ0) is 28.1. The first-order chi connectivity index (χ1) is 19.1. The molecule has 4 nitrogen and oxygen atoms in total. The molecule has 1 aliphatic rings. The van der Waals surface area contributed by atoms with Crippen LogP contribution in [0.15, 0.2) is 91.0 Å². The smallest absolute Gasteiger partial charge is 0.463 e. The van der Waals surface area contributed by atoms with Gasteiger partial charge in [0, 0.05) is 23.0 Å². The van der Waals surface area contributed by atoms with Gasteiger partial charge in [-0.1, -0.05) is 55.9 Å². The van der Waals surface area contributed by atoms with Crippen LogP contribution in [0.25, 0.3) is 0 Å². The number of hydrogen-bond donors (Lipinski definition) is 0. The van der Waals surface area contributed by atoms with E-state index in [9.17, 15) is 4.39 Å². The molecule has 0 unspecified atom stereocenters. The summed E-state index contributed by atoms with van der Waals surface area (Å²) in [6, 6.07) is 34.1. The first-order valence-corrected chi connectivity index (χ1v) is 13.1. The Morgan fingerprint density at radius 2 is 1.39 bits per heavy atom. The first-order valence-electron chi connectivity index (χ1n) is 13.1. The minimum Gasteiger partial charge on any atom is -0.463 e. The third-order valence-electron chi connectivity index (χ3n) is 7.46. The molecular weight excluding hydrogens is 699 g/mol. The first kappa shape index (κ1) is 28.6. The van der Waals surface area contributed by atoms with Crippen molar-refractivity contribution in [1.82, 2.24) is 9.97 Å². The molecule has 7 heteroatoms. The molecular formula is C34H27F2N3OPt. The number of hydrogen-bond acceptors (Lipinski definition) is 4. The number of pyridine rings is 2. The molecule has 0 atom stereocenters. The molecule has 0 spiro atoms. The number of anilines is 3. The van der Waals surface area contributed by atoms with Crippen LogP contribution in [0.1, 0.15) is 50.2 Å². The van der Waals surface area contributed by atoms with Gasteiger partial charge in [-0.25, -0.2) is 9.97 Å². The maximum absolute atomic E-state index is 15.3. The van der Waals surface area contributed by atoms with Crippen molar-refractivity contribution >= 4 is 17.2 Å². The van der Waals surface area contributed by atoms with E-state index in [4.69, 9.17) is 14.7 Å². The van der Waals surface area contributed by atoms with Gasteiger partial charge in [-0.15, -0.1) is 17.7 Å². The molecule has 0 aliphatic carbocycles. The average molecular weight is 727 g/mol. The summed E-state index contributed by atoms with van der Waals surface area (Å²) in [7, 11) is 0. The quantitative estimate of drug-likeness (QED) is 0.162. The third kappa shape index (κ3) is 5.17. The van der Waals surface area contributed by atoms with E-state index in [-0.39, 0.29) is 38.3 Å². The van der Waals surface area contributed by atoms with Crippen LogP contribution >= 0.6 is 0 Å². The zero-order valence-electron chi connectivity index (χ0n) is 23.0. The summed E-state index contributed by atoms with van der Waals surface area (Å²) >= 11 is 0. The molecule has 0 N–H and O–H groups in total. The van der Waals surface area contributed by atoms with E-state index in [1.165, 1.54) is 0 Å². The maximum atomic E-state index is 15.3. The van der Waals surface area contributed by atoms with E-state index in [2.05, 4.69) is 12.1 Å². The molecule has 3 aromatic carbocycles. The second kappa shape index (κ2) is 10.8. The summed E-state index contributed by atoms with van der Waals surface area (Å²) in [5.74, 6) is -0.914. The molecule has 0 saturated heterocycles. The van der Waals surface area contributed by atoms with Crippen molar-refractivity contribution in [3.05, 3.63) is 137 Å². The van der Waals surface area contributed by atoms with Gasteiger partial charge in [-0.05, 0) is 49.6 Å². The Labute approximate surface area is 253 Å². The molecule has 3 heterocycles. The Morgan fingerprint density at radius 3 is 2.15 bits per heavy atom. The van der Waals surface area contributed by atoms with Crippen molar-refractivity contribution in [3.8, 4) is 11.6 Å². The molecule has 0 saturated carbocycles. The van der Waals surface area contributed by atoms with Crippen LogP contribution in [0, 0.1) is 23.8 Å². The second-order valence-corrected chi connectivity index (χ2v) is 10.9. The minimum absolute atomic E-state index is 0. The molecule has 2 aromatic heterocycles. The number of halogens is 2. The number of benzene rings is 3. The summed E-state index contributed by atoms with van der Waals surface area (Å²) in [4.78, 5) is 11.8. The molecule has 41 heavy (non-hydrogen) atoms. The van der Waals surface area contributed by atoms with Gasteiger partial charge in [0.25, 0.3) is 0 Å². The van der Waals surface area contributed by atoms with Gasteiger partial charge in [0.2, 0.25) is 5.88 Å². The van der Waals surface area contributed by atoms with Crippen molar-refractivity contribution in [2.75, 3.05) is 4.90 Å². The van der Waals surface area contributed by atoms with Gasteiger partial charge in [-0.2, -0.15) is 23.8 Å². The van der Waals surface area contributed by atoms with Crippen molar-refractivity contribution in [2.24, 2.45) is 0 Å². The van der Waals surface area contributed by atoms with Crippen molar-refractivity contribution in [3.63, 3.8) is 0 Å². The Bertz CT molecular complexity index is 1720. The van der Waals surface area contributed by atoms with Gasteiger partial charge < -0.3 is 9.64 Å². The molecule has 6 rings (SSSR count). The molecule has 1 aliphatic heterocycles. The van der Waals surface area contributed by atoms with E-state index >= 15 is 4.39 Å². The molecule has 208 valence electrons. The van der Waals surface area contributed by atoms with Crippen LogP contribution < -0.4 is 9.64 Å². The molecule has 0 fully saturated rings. The Morgan fingerprint density at radius 1 is 0.707 bits per heavy atom. The standard InChI is InChI=1S/C34H27F2N3O.Pt/c1-33(2)22-11-8-14-24(19-22)39(23-12-6-5-7-13-23)31-17-9-15-29(37-31)34(3,4)30-16-10-18-32(38-30)40-28-20-25(33)26(35)21-27(28)36;/h5-18,21H,1-4H3;/q-2;+2. The van der Waals surface area contributed by atoms with Crippen LogP contribution in [0.5, 0.6) is 11.6 Å². The van der Waals surface area contributed by atoms with Crippen LogP contribution in [0.3, 0.4) is 0 Å². The number of nitrogens with zero attached hydrogens (tertiary/aromatic N) is 3. The largest absolute Gasteiger partial charge is 2.00 e. The van der Waals surface area contributed by atoms with Crippen LogP contribution in [0.2, 0.25) is 0 Å². The number of aromatic nitrogens is 2. The summed E-state index contributed by atoms with van der Waals surface area (Å²) < 4.78 is 36.2. The van der Waals surface area contributed by atoms with E-state index in [1.807, 2.05) is 105 Å². The van der Waals surface area contributed by atoms with Crippen molar-refractivity contribution in [2.45, 2.75) is 38.5 Å². The minimum atomic E-state index is -0.933. The SMILES string of the molecule is CC1(C)c2cccc(n2)Oc2[c-]c(c(F)cc2F)C(C)(C)c2[c-]c(ccc2)N(c2ccccc2)c2cccc1n2.[Pt+2]. The fourth-order valence-electron chi connectivity index (χ4n) is 5.02. The summed E-state index contributed by atoms with van der Waals surface area (Å²) in [6.45, 7) is 7.77. The zero-order valence-corrected chi connectivity index (χ0v) is 25.3. The number of rotatable bonds is 1. The fourth-order valence-corrected chi connectivity index (χ4v) is 5.02. The third-order valence-corrected chi connectivity index (χ3v) is 7.46. The van der Waals surface area contributed by atoms with E-state index < -0.39 is 22.5 Å². The van der Waals surface area contributed by atoms with Gasteiger partial charge >= 0.3 is 21.1 Å². The van der Waals surface area contributed by atoms with Gasteiger partial charge in [0.1, 0.15) is 5.82 Å². The number of fused-ring (bicyclic) bond motifs is 8. The molecule has 5 aromatic rings. The summed E-state index contributed by atoms with van der Waals surface area (Å²) in [6.07, 6.45) is 0. The topological polar surface area (TPSA) is 38.2 Å². The maximum Gasteiger partial charge on any atom is 2.00 e. The van der Waals surface area contributed by atoms with Crippen molar-refractivity contribution in [1.29, 1.82) is 0 Å². The Hall–Kier alpha value is -3.89. The van der Waals surface area contributed by atoms with Crippen LogP contribution in [-0.4, -0.2) is 9.97 Å². The predicted octanol–water partition coefficient (Wildman–Crippen LogP) is 8.58. The van der Waals surface area contributed by atoms with E-state index in [1.54, 1.807) is 12.1 Å². The van der Waals surface area contributed by atoms with Gasteiger partial charge in [0.15, 0.2) is 0 Å². The fraction of sp³-hybridized carbons (Fsp3) is 0.176. The monoisotopic (exact) mass is 726 g/mol. The summed E-state index contributed by atoms with van der Waals surface area (Å²) in [5, 5.41) is 0. The predicted molar refractivity (Wildman–Crippen MR) is 152 cm³/mol. The summed E-state index contributed by atoms with van der Waals surface area (Å²) in [5.41, 5.74) is 2.40. The van der Waals surface area contributed by atoms with Crippen molar-refractivity contribution < 1.29 is 34.6 Å². The van der Waals surface area contributed by atoms with E-state index in [0.29, 0.717) is 17.1 Å². The van der Waals surface area contributed by atoms with Crippen LogP contribution in [0.4, 0.5) is 26.0 Å².